The Morgan fingerprint density at radius 3 is 2.32 bits per heavy atom. The highest BCUT2D eigenvalue weighted by Crippen LogP contribution is 2.21. The van der Waals surface area contributed by atoms with Gasteiger partial charge in [-0.25, -0.2) is 4.79 Å². The van der Waals surface area contributed by atoms with Crippen molar-refractivity contribution in [1.82, 2.24) is 0 Å². The number of aromatic carboxylic acids is 1. The van der Waals surface area contributed by atoms with E-state index in [0.717, 1.165) is 11.3 Å². The molecule has 4 heteroatoms. The number of ether oxygens (including phenoxy) is 1. The average molecular weight is 331 g/mol. The van der Waals surface area contributed by atoms with Gasteiger partial charge in [-0.05, 0) is 41.5 Å². The topological polar surface area (TPSA) is 58.9 Å². The van der Waals surface area contributed by atoms with Crippen LogP contribution in [-0.4, -0.2) is 17.3 Å². The van der Waals surface area contributed by atoms with E-state index in [2.05, 4.69) is 4.99 Å². The van der Waals surface area contributed by atoms with Crippen molar-refractivity contribution in [2.75, 3.05) is 0 Å². The maximum Gasteiger partial charge on any atom is 0.339 e. The monoisotopic (exact) mass is 331 g/mol. The molecular formula is C21H17NO3. The number of rotatable bonds is 6. The molecule has 25 heavy (non-hydrogen) atoms. The normalized spacial score (nSPS) is 10.7. The largest absolute Gasteiger partial charge is 0.488 e. The second-order valence-corrected chi connectivity index (χ2v) is 5.43. The fourth-order valence-electron chi connectivity index (χ4n) is 2.32. The zero-order chi connectivity index (χ0) is 17.5. The highest BCUT2D eigenvalue weighted by Gasteiger charge is 2.12. The van der Waals surface area contributed by atoms with E-state index in [9.17, 15) is 9.90 Å². The molecule has 0 aliphatic carbocycles. The molecular weight excluding hydrogens is 314 g/mol. The van der Waals surface area contributed by atoms with Crippen molar-refractivity contribution in [3.05, 3.63) is 95.6 Å². The molecule has 0 unspecified atom stereocenters. The predicted molar refractivity (Wildman–Crippen MR) is 97.9 cm³/mol. The molecule has 0 radical (unpaired) electrons. The maximum absolute atomic E-state index is 11.5. The van der Waals surface area contributed by atoms with Gasteiger partial charge in [0.15, 0.2) is 0 Å². The molecule has 0 aliphatic rings. The van der Waals surface area contributed by atoms with Gasteiger partial charge in [0.1, 0.15) is 17.9 Å². The van der Waals surface area contributed by atoms with Crippen LogP contribution in [0.15, 0.2) is 83.9 Å². The number of carboxylic acid groups (broad SMARTS) is 1. The van der Waals surface area contributed by atoms with E-state index in [4.69, 9.17) is 4.74 Å². The molecule has 0 aliphatic heterocycles. The van der Waals surface area contributed by atoms with Gasteiger partial charge in [0.25, 0.3) is 0 Å². The van der Waals surface area contributed by atoms with Crippen LogP contribution in [0.2, 0.25) is 0 Å². The standard InChI is InChI=1S/C21H17NO3/c23-21(24)19-13-17(14-22-18-9-5-2-6-10-18)11-12-20(19)25-15-16-7-3-1-4-8-16/h1-14H,15H2,(H,23,24). The van der Waals surface area contributed by atoms with E-state index < -0.39 is 5.97 Å². The summed E-state index contributed by atoms with van der Waals surface area (Å²) < 4.78 is 5.68. The Hall–Kier alpha value is -3.40. The van der Waals surface area contributed by atoms with E-state index in [-0.39, 0.29) is 5.56 Å². The van der Waals surface area contributed by atoms with Crippen molar-refractivity contribution in [2.24, 2.45) is 4.99 Å². The first-order valence-electron chi connectivity index (χ1n) is 7.85. The lowest BCUT2D eigenvalue weighted by Gasteiger charge is -2.10. The first-order valence-corrected chi connectivity index (χ1v) is 7.85. The molecule has 4 nitrogen and oxygen atoms in total. The molecule has 3 aromatic rings. The van der Waals surface area contributed by atoms with Gasteiger partial charge >= 0.3 is 5.97 Å². The first kappa shape index (κ1) is 16.5. The van der Waals surface area contributed by atoms with Crippen molar-refractivity contribution in [3.8, 4) is 5.75 Å². The molecule has 0 fully saturated rings. The summed E-state index contributed by atoms with van der Waals surface area (Å²) in [6.07, 6.45) is 1.64. The van der Waals surface area contributed by atoms with Gasteiger partial charge in [-0.2, -0.15) is 0 Å². The Morgan fingerprint density at radius 2 is 1.64 bits per heavy atom. The lowest BCUT2D eigenvalue weighted by atomic mass is 10.1. The van der Waals surface area contributed by atoms with Crippen LogP contribution in [0.3, 0.4) is 0 Å². The smallest absolute Gasteiger partial charge is 0.339 e. The van der Waals surface area contributed by atoms with E-state index >= 15 is 0 Å². The zero-order valence-corrected chi connectivity index (χ0v) is 13.5. The molecule has 0 heterocycles. The molecule has 3 aromatic carbocycles. The fourth-order valence-corrected chi connectivity index (χ4v) is 2.32. The van der Waals surface area contributed by atoms with Crippen LogP contribution in [-0.2, 0) is 6.61 Å². The number of nitrogens with zero attached hydrogens (tertiary/aromatic N) is 1. The molecule has 3 rings (SSSR count). The SMILES string of the molecule is O=C(O)c1cc(C=Nc2ccccc2)ccc1OCc1ccccc1. The third kappa shape index (κ3) is 4.54. The average Bonchev–Trinajstić information content (AvgIpc) is 2.66. The molecule has 0 aromatic heterocycles. The van der Waals surface area contributed by atoms with Gasteiger partial charge in [-0.3, -0.25) is 4.99 Å². The molecule has 124 valence electrons. The van der Waals surface area contributed by atoms with Gasteiger partial charge in [-0.15, -0.1) is 0 Å². The molecule has 0 saturated carbocycles. The minimum absolute atomic E-state index is 0.118. The Bertz CT molecular complexity index is 874. The van der Waals surface area contributed by atoms with Crippen molar-refractivity contribution in [1.29, 1.82) is 0 Å². The van der Waals surface area contributed by atoms with Crippen LogP contribution in [0.25, 0.3) is 0 Å². The Balaban J connectivity index is 1.78. The van der Waals surface area contributed by atoms with Crippen molar-refractivity contribution in [3.63, 3.8) is 0 Å². The number of hydrogen-bond donors (Lipinski definition) is 1. The Kier molecular flexibility index (Phi) is 5.22. The van der Waals surface area contributed by atoms with E-state index in [0.29, 0.717) is 17.9 Å². The van der Waals surface area contributed by atoms with Gasteiger partial charge in [0.05, 0.1) is 5.69 Å². The van der Waals surface area contributed by atoms with Crippen LogP contribution >= 0.6 is 0 Å². The van der Waals surface area contributed by atoms with Crippen LogP contribution in [0.5, 0.6) is 5.75 Å². The van der Waals surface area contributed by atoms with Gasteiger partial charge < -0.3 is 9.84 Å². The summed E-state index contributed by atoms with van der Waals surface area (Å²) in [5.41, 5.74) is 2.61. The molecule has 0 atom stereocenters. The van der Waals surface area contributed by atoms with Gasteiger partial charge in [-0.1, -0.05) is 48.5 Å². The van der Waals surface area contributed by atoms with Crippen LogP contribution in [0.4, 0.5) is 5.69 Å². The Morgan fingerprint density at radius 1 is 0.960 bits per heavy atom. The molecule has 0 saturated heterocycles. The highest BCUT2D eigenvalue weighted by atomic mass is 16.5. The summed E-state index contributed by atoms with van der Waals surface area (Å²) in [5, 5.41) is 9.45. The number of para-hydroxylation sites is 1. The van der Waals surface area contributed by atoms with E-state index in [1.54, 1.807) is 24.4 Å². The lowest BCUT2D eigenvalue weighted by molar-refractivity contribution is 0.0691. The second kappa shape index (κ2) is 7.93. The Labute approximate surface area is 146 Å². The number of benzene rings is 3. The lowest BCUT2D eigenvalue weighted by Crippen LogP contribution is -2.04. The summed E-state index contributed by atoms with van der Waals surface area (Å²) in [5.74, 6) is -0.689. The summed E-state index contributed by atoms with van der Waals surface area (Å²) in [4.78, 5) is 15.9. The summed E-state index contributed by atoms with van der Waals surface area (Å²) in [6, 6.07) is 24.1. The maximum atomic E-state index is 11.5. The molecule has 0 bridgehead atoms. The quantitative estimate of drug-likeness (QED) is 0.665. The van der Waals surface area contributed by atoms with Crippen LogP contribution in [0.1, 0.15) is 21.5 Å². The van der Waals surface area contributed by atoms with E-state index in [1.165, 1.54) is 0 Å². The van der Waals surface area contributed by atoms with Crippen molar-refractivity contribution >= 4 is 17.9 Å². The van der Waals surface area contributed by atoms with E-state index in [1.807, 2.05) is 60.7 Å². The minimum Gasteiger partial charge on any atom is -0.488 e. The predicted octanol–water partition coefficient (Wildman–Crippen LogP) is 4.71. The number of carboxylic acids is 1. The third-order valence-electron chi connectivity index (χ3n) is 3.59. The highest BCUT2D eigenvalue weighted by molar-refractivity contribution is 5.94. The van der Waals surface area contributed by atoms with Gasteiger partial charge in [0, 0.05) is 6.21 Å². The van der Waals surface area contributed by atoms with Crippen molar-refractivity contribution in [2.45, 2.75) is 6.61 Å². The molecule has 0 amide bonds. The molecule has 0 spiro atoms. The second-order valence-electron chi connectivity index (χ2n) is 5.43. The summed E-state index contributed by atoms with van der Waals surface area (Å²) in [7, 11) is 0. The fraction of sp³-hybridized carbons (Fsp3) is 0.0476. The summed E-state index contributed by atoms with van der Waals surface area (Å²) >= 11 is 0. The van der Waals surface area contributed by atoms with Gasteiger partial charge in [0.2, 0.25) is 0 Å². The third-order valence-corrected chi connectivity index (χ3v) is 3.59. The number of carbonyl (C=O) groups is 1. The van der Waals surface area contributed by atoms with Crippen molar-refractivity contribution < 1.29 is 14.6 Å². The molecule has 1 N–H and O–H groups in total. The first-order chi connectivity index (χ1) is 12.2. The number of aliphatic imine (C=N–C) groups is 1. The van der Waals surface area contributed by atoms with Crippen LogP contribution < -0.4 is 4.74 Å². The zero-order valence-electron chi connectivity index (χ0n) is 13.5. The number of hydrogen-bond acceptors (Lipinski definition) is 3. The minimum atomic E-state index is -1.03. The van der Waals surface area contributed by atoms with Crippen LogP contribution in [0, 0.1) is 0 Å². The summed E-state index contributed by atoms with van der Waals surface area (Å²) in [6.45, 7) is 0.318.